The number of piperazine rings is 1. The second-order valence-electron chi connectivity index (χ2n) is 9.79. The summed E-state index contributed by atoms with van der Waals surface area (Å²) in [5.41, 5.74) is 1.90. The van der Waals surface area contributed by atoms with Gasteiger partial charge in [-0.25, -0.2) is 12.8 Å². The minimum atomic E-state index is -4.45. The maximum absolute atomic E-state index is 13.6. The molecule has 2 aromatic rings. The van der Waals surface area contributed by atoms with Gasteiger partial charge in [0.05, 0.1) is 11.3 Å². The Morgan fingerprint density at radius 3 is 2.17 bits per heavy atom. The number of carbonyl (C=O) groups excluding carboxylic acids is 2. The molecule has 1 fully saturated rings. The molecule has 0 bridgehead atoms. The van der Waals surface area contributed by atoms with Gasteiger partial charge in [-0.1, -0.05) is 24.3 Å². The minimum Gasteiger partial charge on any atom is -0.371 e. The highest BCUT2D eigenvalue weighted by Crippen LogP contribution is 2.32. The van der Waals surface area contributed by atoms with E-state index in [4.69, 9.17) is 0 Å². The SMILES string of the molecule is CC(=O)C1=CC=C(N2CCN(C(=O)c3cc(S(C)(=O)=O)ccc3-c3ccc(F)cc3)CC2)CC=C1CC(F)(F)F. The third kappa shape index (κ3) is 6.88. The van der Waals surface area contributed by atoms with Gasteiger partial charge >= 0.3 is 6.18 Å². The fraction of sp³-hybridized carbons (Fsp3) is 0.310. The highest BCUT2D eigenvalue weighted by Gasteiger charge is 2.32. The van der Waals surface area contributed by atoms with Gasteiger partial charge in [-0.15, -0.1) is 0 Å². The molecule has 0 radical (unpaired) electrons. The predicted octanol–water partition coefficient (Wildman–Crippen LogP) is 5.34. The number of hydrogen-bond donors (Lipinski definition) is 0. The third-order valence-corrected chi connectivity index (χ3v) is 8.00. The summed E-state index contributed by atoms with van der Waals surface area (Å²) < 4.78 is 77.1. The van der Waals surface area contributed by atoms with Crippen LogP contribution < -0.4 is 0 Å². The van der Waals surface area contributed by atoms with Crippen molar-refractivity contribution in [1.29, 1.82) is 0 Å². The number of carbonyl (C=O) groups is 2. The van der Waals surface area contributed by atoms with E-state index in [-0.39, 0.29) is 47.0 Å². The van der Waals surface area contributed by atoms with Crippen molar-refractivity contribution in [2.24, 2.45) is 0 Å². The van der Waals surface area contributed by atoms with Crippen LogP contribution in [0.2, 0.25) is 0 Å². The predicted molar refractivity (Wildman–Crippen MR) is 143 cm³/mol. The number of hydrogen-bond acceptors (Lipinski definition) is 5. The van der Waals surface area contributed by atoms with Gasteiger partial charge in [-0.05, 0) is 60.0 Å². The van der Waals surface area contributed by atoms with Crippen LogP contribution in [-0.4, -0.2) is 68.5 Å². The van der Waals surface area contributed by atoms with Crippen LogP contribution in [0.4, 0.5) is 17.6 Å². The Kier molecular flexibility index (Phi) is 8.34. The summed E-state index contributed by atoms with van der Waals surface area (Å²) in [4.78, 5) is 29.2. The molecular formula is C29H28F4N2O4S. The molecule has 1 amide bonds. The largest absolute Gasteiger partial charge is 0.393 e. The molecule has 6 nitrogen and oxygen atoms in total. The van der Waals surface area contributed by atoms with Gasteiger partial charge in [0.2, 0.25) is 0 Å². The number of amides is 1. The summed E-state index contributed by atoms with van der Waals surface area (Å²) in [6.07, 6.45) is 0.124. The first-order valence-electron chi connectivity index (χ1n) is 12.5. The number of allylic oxidation sites excluding steroid dienone is 5. The topological polar surface area (TPSA) is 74.8 Å². The van der Waals surface area contributed by atoms with Crippen molar-refractivity contribution in [2.45, 2.75) is 30.8 Å². The smallest absolute Gasteiger partial charge is 0.371 e. The zero-order chi connectivity index (χ0) is 29.2. The molecule has 0 atom stereocenters. The lowest BCUT2D eigenvalue weighted by Gasteiger charge is -2.37. The summed E-state index contributed by atoms with van der Waals surface area (Å²) >= 11 is 0. The van der Waals surface area contributed by atoms with Crippen molar-refractivity contribution in [3.05, 3.63) is 88.9 Å². The summed E-state index contributed by atoms with van der Waals surface area (Å²) in [6.45, 7) is 2.58. The van der Waals surface area contributed by atoms with E-state index in [1.54, 1.807) is 11.0 Å². The Morgan fingerprint density at radius 2 is 1.60 bits per heavy atom. The number of nitrogens with zero attached hydrogens (tertiary/aromatic N) is 2. The van der Waals surface area contributed by atoms with E-state index in [1.807, 2.05) is 4.90 Å². The number of Topliss-reactive ketones (excluding diaryl/α,β-unsaturated/α-hetero) is 1. The molecule has 212 valence electrons. The van der Waals surface area contributed by atoms with E-state index < -0.39 is 34.0 Å². The van der Waals surface area contributed by atoms with E-state index in [0.717, 1.165) is 12.0 Å². The van der Waals surface area contributed by atoms with Gasteiger partial charge in [0, 0.05) is 55.7 Å². The van der Waals surface area contributed by atoms with E-state index in [2.05, 4.69) is 0 Å². The molecule has 11 heteroatoms. The quantitative estimate of drug-likeness (QED) is 0.435. The fourth-order valence-electron chi connectivity index (χ4n) is 4.83. The number of sulfone groups is 1. The fourth-order valence-corrected chi connectivity index (χ4v) is 5.48. The van der Waals surface area contributed by atoms with Crippen molar-refractivity contribution in [2.75, 3.05) is 32.4 Å². The first-order valence-corrected chi connectivity index (χ1v) is 14.4. The summed E-state index contributed by atoms with van der Waals surface area (Å²) in [5.74, 6) is -1.28. The minimum absolute atomic E-state index is 0.0153. The molecule has 1 aliphatic heterocycles. The van der Waals surface area contributed by atoms with E-state index in [9.17, 15) is 35.6 Å². The lowest BCUT2D eigenvalue weighted by Crippen LogP contribution is -2.48. The lowest BCUT2D eigenvalue weighted by atomic mass is 9.98. The van der Waals surface area contributed by atoms with E-state index >= 15 is 0 Å². The number of benzene rings is 2. The number of alkyl halides is 3. The van der Waals surface area contributed by atoms with Crippen molar-refractivity contribution in [1.82, 2.24) is 9.80 Å². The van der Waals surface area contributed by atoms with Crippen molar-refractivity contribution in [3.63, 3.8) is 0 Å². The van der Waals surface area contributed by atoms with Crippen LogP contribution in [0.15, 0.2) is 82.4 Å². The number of ketones is 1. The van der Waals surface area contributed by atoms with Gasteiger partial charge in [-0.3, -0.25) is 9.59 Å². The van der Waals surface area contributed by atoms with Crippen LogP contribution in [0.1, 0.15) is 30.1 Å². The zero-order valence-corrected chi connectivity index (χ0v) is 22.8. The van der Waals surface area contributed by atoms with Crippen molar-refractivity contribution in [3.8, 4) is 11.1 Å². The summed E-state index contributed by atoms with van der Waals surface area (Å²) in [7, 11) is -3.60. The molecule has 0 N–H and O–H groups in total. The van der Waals surface area contributed by atoms with Gasteiger partial charge in [0.15, 0.2) is 15.6 Å². The van der Waals surface area contributed by atoms with Gasteiger partial charge < -0.3 is 9.80 Å². The number of halogens is 4. The van der Waals surface area contributed by atoms with E-state index in [0.29, 0.717) is 24.2 Å². The second-order valence-corrected chi connectivity index (χ2v) is 11.8. The highest BCUT2D eigenvalue weighted by molar-refractivity contribution is 7.90. The first kappa shape index (κ1) is 29.3. The first-order chi connectivity index (χ1) is 18.7. The lowest BCUT2D eigenvalue weighted by molar-refractivity contribution is -0.127. The van der Waals surface area contributed by atoms with Gasteiger partial charge in [-0.2, -0.15) is 13.2 Å². The molecule has 1 aliphatic carbocycles. The summed E-state index contributed by atoms with van der Waals surface area (Å²) in [6, 6.07) is 9.82. The molecule has 2 aromatic carbocycles. The Morgan fingerprint density at radius 1 is 0.950 bits per heavy atom. The van der Waals surface area contributed by atoms with Gasteiger partial charge in [0.25, 0.3) is 5.91 Å². The standard InChI is InChI=1S/C29H28F4N2O4S/c1-19(36)25-11-9-23(8-5-21(25)18-29(31,32)33)34-13-15-35(16-14-34)28(37)27-17-24(40(2,38)39)10-12-26(27)20-3-6-22(30)7-4-20/h3-7,9-12,17H,8,13-16,18H2,1-2H3. The van der Waals surface area contributed by atoms with Crippen LogP contribution >= 0.6 is 0 Å². The second kappa shape index (κ2) is 11.4. The Bertz CT molecular complexity index is 1520. The monoisotopic (exact) mass is 576 g/mol. The molecule has 2 aliphatic rings. The van der Waals surface area contributed by atoms with Crippen molar-refractivity contribution < 1.29 is 35.6 Å². The average Bonchev–Trinajstić information content (AvgIpc) is 3.09. The molecule has 1 saturated heterocycles. The maximum Gasteiger partial charge on any atom is 0.393 e. The molecule has 0 spiro atoms. The summed E-state index contributed by atoms with van der Waals surface area (Å²) in [5, 5.41) is 0. The molecule has 0 aromatic heterocycles. The maximum atomic E-state index is 13.6. The zero-order valence-electron chi connectivity index (χ0n) is 22.0. The molecule has 0 saturated carbocycles. The molecule has 1 heterocycles. The number of rotatable bonds is 6. The Labute approximate surface area is 230 Å². The van der Waals surface area contributed by atoms with Crippen LogP contribution in [0.3, 0.4) is 0 Å². The average molecular weight is 577 g/mol. The normalized spacial score (nSPS) is 16.6. The van der Waals surface area contributed by atoms with Crippen LogP contribution in [-0.2, 0) is 14.6 Å². The Balaban J connectivity index is 1.55. The van der Waals surface area contributed by atoms with Gasteiger partial charge in [0.1, 0.15) is 5.82 Å². The third-order valence-electron chi connectivity index (χ3n) is 6.89. The molecule has 4 rings (SSSR count). The van der Waals surface area contributed by atoms with Crippen LogP contribution in [0, 0.1) is 5.82 Å². The Hall–Kier alpha value is -3.73. The molecule has 0 unspecified atom stereocenters. The highest BCUT2D eigenvalue weighted by atomic mass is 32.2. The van der Waals surface area contributed by atoms with E-state index in [1.165, 1.54) is 61.5 Å². The van der Waals surface area contributed by atoms with Crippen molar-refractivity contribution >= 4 is 21.5 Å². The van der Waals surface area contributed by atoms with Crippen LogP contribution in [0.5, 0.6) is 0 Å². The molecular weight excluding hydrogens is 548 g/mol. The molecule has 40 heavy (non-hydrogen) atoms. The van der Waals surface area contributed by atoms with Crippen LogP contribution in [0.25, 0.3) is 11.1 Å².